The average Bonchev–Trinajstić information content (AvgIpc) is 3.14. The largest absolute Gasteiger partial charge is 0.393 e. The van der Waals surface area contributed by atoms with E-state index in [0.717, 1.165) is 44.3 Å². The van der Waals surface area contributed by atoms with Crippen LogP contribution in [0, 0.1) is 34.5 Å². The van der Waals surface area contributed by atoms with Crippen molar-refractivity contribution < 1.29 is 14.6 Å². The summed E-state index contributed by atoms with van der Waals surface area (Å²) >= 11 is 0. The molecular weight excluding hydrogens is 300 g/mol. The molecule has 0 aromatic rings. The first kappa shape index (κ1) is 16.1. The summed E-state index contributed by atoms with van der Waals surface area (Å²) in [5.41, 5.74) is 0.699. The fourth-order valence-corrected chi connectivity index (χ4v) is 8.09. The molecule has 0 aromatic heterocycles. The maximum atomic E-state index is 11.2. The van der Waals surface area contributed by atoms with Crippen LogP contribution < -0.4 is 0 Å². The van der Waals surface area contributed by atoms with Gasteiger partial charge in [-0.3, -0.25) is 0 Å². The molecule has 1 saturated heterocycles. The van der Waals surface area contributed by atoms with E-state index in [0.29, 0.717) is 17.3 Å². The van der Waals surface area contributed by atoms with E-state index >= 15 is 0 Å². The maximum Gasteiger partial charge on any atom is 0.168 e. The molecule has 0 amide bonds. The number of hydrogen-bond donors (Lipinski definition) is 1. The minimum Gasteiger partial charge on any atom is -0.393 e. The molecule has 0 radical (unpaired) electrons. The van der Waals surface area contributed by atoms with Crippen LogP contribution in [0.15, 0.2) is 0 Å². The highest BCUT2D eigenvalue weighted by molar-refractivity contribution is 5.11. The van der Waals surface area contributed by atoms with Crippen LogP contribution >= 0.6 is 0 Å². The summed E-state index contributed by atoms with van der Waals surface area (Å²) in [6.07, 6.45) is 10.9. The summed E-state index contributed by atoms with van der Waals surface area (Å²) in [4.78, 5) is 0. The Morgan fingerprint density at radius 1 is 0.917 bits per heavy atom. The third kappa shape index (κ3) is 2.07. The molecule has 7 atom stereocenters. The lowest BCUT2D eigenvalue weighted by Gasteiger charge is -2.62. The molecule has 1 spiro atoms. The van der Waals surface area contributed by atoms with Crippen LogP contribution in [-0.2, 0) is 9.47 Å². The van der Waals surface area contributed by atoms with Crippen LogP contribution in [0.5, 0.6) is 0 Å². The van der Waals surface area contributed by atoms with Crippen LogP contribution in [0.3, 0.4) is 0 Å². The molecular formula is C21H34O3. The Hall–Kier alpha value is -0.120. The molecule has 0 aromatic carbocycles. The van der Waals surface area contributed by atoms with Crippen LogP contribution in [0.25, 0.3) is 0 Å². The third-order valence-electron chi connectivity index (χ3n) is 9.18. The molecule has 1 N–H and O–H groups in total. The normalized spacial score (nSPS) is 55.9. The van der Waals surface area contributed by atoms with Gasteiger partial charge in [-0.25, -0.2) is 0 Å². The van der Waals surface area contributed by atoms with Gasteiger partial charge in [0.05, 0.1) is 19.3 Å². The number of aliphatic hydroxyl groups is 1. The summed E-state index contributed by atoms with van der Waals surface area (Å²) in [5.74, 6) is 2.50. The Balaban J connectivity index is 1.45. The van der Waals surface area contributed by atoms with Crippen molar-refractivity contribution in [1.29, 1.82) is 0 Å². The van der Waals surface area contributed by atoms with Crippen LogP contribution in [0.4, 0.5) is 0 Å². The highest BCUT2D eigenvalue weighted by atomic mass is 16.7. The van der Waals surface area contributed by atoms with E-state index in [1.54, 1.807) is 0 Å². The zero-order valence-electron chi connectivity index (χ0n) is 15.4. The van der Waals surface area contributed by atoms with E-state index in [2.05, 4.69) is 13.8 Å². The Labute approximate surface area is 146 Å². The Kier molecular flexibility index (Phi) is 3.49. The van der Waals surface area contributed by atoms with Crippen LogP contribution in [0.1, 0.15) is 71.6 Å². The number of hydrogen-bond acceptors (Lipinski definition) is 3. The van der Waals surface area contributed by atoms with Gasteiger partial charge in [-0.2, -0.15) is 0 Å². The van der Waals surface area contributed by atoms with Gasteiger partial charge in [0, 0.05) is 12.8 Å². The van der Waals surface area contributed by atoms with Crippen molar-refractivity contribution in [2.45, 2.75) is 83.5 Å². The fourth-order valence-electron chi connectivity index (χ4n) is 8.09. The lowest BCUT2D eigenvalue weighted by Crippen LogP contribution is -2.59. The van der Waals surface area contributed by atoms with Crippen molar-refractivity contribution in [3.8, 4) is 0 Å². The number of aliphatic hydroxyl groups excluding tert-OH is 1. The van der Waals surface area contributed by atoms with Crippen LogP contribution in [0.2, 0.25) is 0 Å². The molecule has 5 aliphatic rings. The van der Waals surface area contributed by atoms with Crippen molar-refractivity contribution in [2.75, 3.05) is 13.2 Å². The zero-order valence-corrected chi connectivity index (χ0v) is 15.4. The molecule has 4 saturated carbocycles. The van der Waals surface area contributed by atoms with Gasteiger partial charge in [0.25, 0.3) is 0 Å². The van der Waals surface area contributed by atoms with E-state index in [4.69, 9.17) is 9.47 Å². The number of ether oxygens (including phenoxy) is 2. The third-order valence-corrected chi connectivity index (χ3v) is 9.18. The maximum absolute atomic E-state index is 11.2. The zero-order chi connectivity index (χ0) is 16.6. The second-order valence-corrected chi connectivity index (χ2v) is 10.2. The van der Waals surface area contributed by atoms with Gasteiger partial charge in [-0.1, -0.05) is 20.3 Å². The average molecular weight is 335 g/mol. The lowest BCUT2D eigenvalue weighted by atomic mass is 9.44. The highest BCUT2D eigenvalue weighted by Crippen LogP contribution is 2.67. The van der Waals surface area contributed by atoms with Crippen molar-refractivity contribution in [3.05, 3.63) is 0 Å². The molecule has 5 rings (SSSR count). The first-order chi connectivity index (χ1) is 11.5. The molecule has 4 aliphatic carbocycles. The minimum absolute atomic E-state index is 0.0957. The van der Waals surface area contributed by atoms with Gasteiger partial charge in [0.2, 0.25) is 0 Å². The molecule has 3 heteroatoms. The fraction of sp³-hybridized carbons (Fsp3) is 1.00. The van der Waals surface area contributed by atoms with Gasteiger partial charge in [0.15, 0.2) is 5.79 Å². The van der Waals surface area contributed by atoms with E-state index < -0.39 is 0 Å². The van der Waals surface area contributed by atoms with E-state index in [1.807, 2.05) is 0 Å². The second kappa shape index (κ2) is 5.20. The quantitative estimate of drug-likeness (QED) is 0.724. The lowest BCUT2D eigenvalue weighted by molar-refractivity contribution is -0.241. The predicted octanol–water partition coefficient (Wildman–Crippen LogP) is 4.13. The van der Waals surface area contributed by atoms with Crippen molar-refractivity contribution in [3.63, 3.8) is 0 Å². The molecule has 136 valence electrons. The highest BCUT2D eigenvalue weighted by Gasteiger charge is 2.62. The molecule has 3 nitrogen and oxygen atoms in total. The SMILES string of the molecule is CC12CCCC1C1CCC3CC4(CCC3(C)C1C(O)C2)OCCO4. The van der Waals surface area contributed by atoms with Gasteiger partial charge in [-0.05, 0) is 73.0 Å². The summed E-state index contributed by atoms with van der Waals surface area (Å²) in [7, 11) is 0. The minimum atomic E-state index is -0.279. The Morgan fingerprint density at radius 2 is 1.71 bits per heavy atom. The number of rotatable bonds is 0. The second-order valence-electron chi connectivity index (χ2n) is 10.2. The van der Waals surface area contributed by atoms with Gasteiger partial charge in [0.1, 0.15) is 0 Å². The Morgan fingerprint density at radius 3 is 2.50 bits per heavy atom. The van der Waals surface area contributed by atoms with Crippen molar-refractivity contribution >= 4 is 0 Å². The summed E-state index contributed by atoms with van der Waals surface area (Å²) in [6, 6.07) is 0. The molecule has 5 fully saturated rings. The molecule has 24 heavy (non-hydrogen) atoms. The van der Waals surface area contributed by atoms with Gasteiger partial charge >= 0.3 is 0 Å². The van der Waals surface area contributed by atoms with Crippen LogP contribution in [-0.4, -0.2) is 30.2 Å². The molecule has 1 heterocycles. The molecule has 1 aliphatic heterocycles. The van der Waals surface area contributed by atoms with Gasteiger partial charge in [-0.15, -0.1) is 0 Å². The monoisotopic (exact) mass is 334 g/mol. The molecule has 0 bridgehead atoms. The molecule has 7 unspecified atom stereocenters. The Bertz CT molecular complexity index is 513. The summed E-state index contributed by atoms with van der Waals surface area (Å²) in [6.45, 7) is 6.49. The standard InChI is InChI=1S/C21H34O3/c1-19-7-3-4-16(19)15-6-5-14-12-21(23-10-11-24-21)9-8-20(14,2)18(15)17(22)13-19/h14-18,22H,3-13H2,1-2H3. The van der Waals surface area contributed by atoms with Crippen molar-refractivity contribution in [2.24, 2.45) is 34.5 Å². The predicted molar refractivity (Wildman–Crippen MR) is 92.4 cm³/mol. The van der Waals surface area contributed by atoms with Gasteiger partial charge < -0.3 is 14.6 Å². The summed E-state index contributed by atoms with van der Waals surface area (Å²) in [5, 5.41) is 11.2. The summed E-state index contributed by atoms with van der Waals surface area (Å²) < 4.78 is 12.1. The number of fused-ring (bicyclic) bond motifs is 5. The first-order valence-electron chi connectivity index (χ1n) is 10.4. The smallest absolute Gasteiger partial charge is 0.168 e. The first-order valence-corrected chi connectivity index (χ1v) is 10.4. The topological polar surface area (TPSA) is 38.7 Å². The van der Waals surface area contributed by atoms with E-state index in [-0.39, 0.29) is 17.3 Å². The van der Waals surface area contributed by atoms with E-state index in [9.17, 15) is 5.11 Å². The van der Waals surface area contributed by atoms with E-state index in [1.165, 1.54) is 38.5 Å². The van der Waals surface area contributed by atoms with Crippen molar-refractivity contribution in [1.82, 2.24) is 0 Å².